The minimum absolute atomic E-state index is 0.120. The van der Waals surface area contributed by atoms with Crippen LogP contribution in [-0.2, 0) is 34.9 Å². The minimum atomic E-state index is -3.68. The molecule has 13 nitrogen and oxygen atoms in total. The number of ether oxygens (including phenoxy) is 3. The highest BCUT2D eigenvalue weighted by molar-refractivity contribution is 7.59. The Bertz CT molecular complexity index is 1210. The Morgan fingerprint density at radius 3 is 2.44 bits per heavy atom. The first-order valence-corrected chi connectivity index (χ1v) is 15.5. The molecule has 3 atom stereocenters. The van der Waals surface area contributed by atoms with Gasteiger partial charge in [0.05, 0.1) is 19.0 Å². The average molecular weight is 566 g/mol. The monoisotopic (exact) mass is 565 g/mol. The van der Waals surface area contributed by atoms with Crippen molar-refractivity contribution < 1.29 is 28.4 Å². The van der Waals surface area contributed by atoms with E-state index in [-0.39, 0.29) is 24.4 Å². The Kier molecular flexibility index (Phi) is 9.25. The molecule has 4 rings (SSSR count). The number of aromatic nitrogens is 4. The molecule has 2 aromatic heterocycles. The van der Waals surface area contributed by atoms with Gasteiger partial charge < -0.3 is 24.5 Å². The van der Waals surface area contributed by atoms with E-state index in [2.05, 4.69) is 25.1 Å². The van der Waals surface area contributed by atoms with Crippen molar-refractivity contribution in [3.8, 4) is 0 Å². The Balaban J connectivity index is 1.43. The lowest BCUT2D eigenvalue weighted by atomic mass is 9.96. The van der Waals surface area contributed by atoms with Crippen molar-refractivity contribution in [1.82, 2.24) is 29.7 Å². The summed E-state index contributed by atoms with van der Waals surface area (Å²) in [5.41, 5.74) is 5.62. The smallest absolute Gasteiger partial charge is 0.326 e. The van der Waals surface area contributed by atoms with E-state index in [9.17, 15) is 14.2 Å². The lowest BCUT2D eigenvalue weighted by Crippen LogP contribution is -2.51. The van der Waals surface area contributed by atoms with Gasteiger partial charge in [-0.3, -0.25) is 14.2 Å². The summed E-state index contributed by atoms with van der Waals surface area (Å²) in [7, 11) is -3.68. The Morgan fingerprint density at radius 2 is 1.77 bits per heavy atom. The van der Waals surface area contributed by atoms with Gasteiger partial charge in [0.25, 0.3) is 0 Å². The molecule has 0 bridgehead atoms. The standard InChI is InChI=1S/C25H40N7O6P/c1-16(12-32-14-29-20-21(26)27-13-28-22(20)32)36-15-39(35,30-17(2)23(33)37-18-8-5-6-9-18)31-25(3,4)24(34)38-19-10-7-11-19/h13-14,16-19H,5-12,15H2,1-4H3,(H2,26,27,28)(H2,30,31,35)/t16-,17-,39+/m1/s1. The molecule has 0 aromatic carbocycles. The molecule has 2 fully saturated rings. The van der Waals surface area contributed by atoms with Gasteiger partial charge in [-0.25, -0.2) is 25.1 Å². The molecular formula is C25H40N7O6P. The Labute approximate surface area is 228 Å². The van der Waals surface area contributed by atoms with Crippen LogP contribution < -0.4 is 15.9 Å². The minimum Gasteiger partial charge on any atom is -0.461 e. The molecule has 2 aliphatic carbocycles. The van der Waals surface area contributed by atoms with Crippen molar-refractivity contribution in [2.75, 3.05) is 12.1 Å². The van der Waals surface area contributed by atoms with E-state index in [1.165, 1.54) is 6.33 Å². The number of anilines is 1. The van der Waals surface area contributed by atoms with Crippen molar-refractivity contribution in [2.45, 2.75) is 109 Å². The highest BCUT2D eigenvalue weighted by atomic mass is 31.2. The second-order valence-electron chi connectivity index (χ2n) is 11.1. The Hall–Kier alpha value is -2.60. The summed E-state index contributed by atoms with van der Waals surface area (Å²) in [6, 6.07) is -0.890. The number of fused-ring (bicyclic) bond motifs is 1. The van der Waals surface area contributed by atoms with E-state index in [1.54, 1.807) is 31.7 Å². The number of nitrogen functional groups attached to an aromatic ring is 1. The molecule has 39 heavy (non-hydrogen) atoms. The number of carbonyl (C=O) groups is 2. The number of nitrogens with two attached hydrogens (primary N) is 1. The molecule has 2 saturated carbocycles. The van der Waals surface area contributed by atoms with Crippen LogP contribution in [0.5, 0.6) is 0 Å². The Morgan fingerprint density at radius 1 is 1.10 bits per heavy atom. The van der Waals surface area contributed by atoms with Crippen molar-refractivity contribution in [3.63, 3.8) is 0 Å². The van der Waals surface area contributed by atoms with Crippen molar-refractivity contribution in [3.05, 3.63) is 12.7 Å². The first-order valence-electron chi connectivity index (χ1n) is 13.6. The van der Waals surface area contributed by atoms with Crippen LogP contribution in [0, 0.1) is 0 Å². The van der Waals surface area contributed by atoms with E-state index in [1.807, 2.05) is 6.92 Å². The van der Waals surface area contributed by atoms with Gasteiger partial charge >= 0.3 is 11.9 Å². The molecule has 2 aliphatic rings. The maximum Gasteiger partial charge on any atom is 0.326 e. The van der Waals surface area contributed by atoms with Crippen molar-refractivity contribution in [1.29, 1.82) is 0 Å². The third-order valence-corrected chi connectivity index (χ3v) is 9.30. The predicted octanol–water partition coefficient (Wildman–Crippen LogP) is 2.89. The summed E-state index contributed by atoms with van der Waals surface area (Å²) in [6.45, 7) is 6.97. The van der Waals surface area contributed by atoms with E-state index >= 15 is 0 Å². The van der Waals surface area contributed by atoms with E-state index < -0.39 is 37.1 Å². The fourth-order valence-electron chi connectivity index (χ4n) is 4.62. The maximum atomic E-state index is 14.2. The number of rotatable bonds is 13. The van der Waals surface area contributed by atoms with Crippen LogP contribution in [0.15, 0.2) is 12.7 Å². The van der Waals surface area contributed by atoms with Gasteiger partial charge in [-0.2, -0.15) is 0 Å². The predicted molar refractivity (Wildman–Crippen MR) is 145 cm³/mol. The van der Waals surface area contributed by atoms with Gasteiger partial charge in [-0.1, -0.05) is 0 Å². The zero-order chi connectivity index (χ0) is 28.2. The van der Waals surface area contributed by atoms with E-state index in [4.69, 9.17) is 19.9 Å². The molecule has 4 N–H and O–H groups in total. The zero-order valence-electron chi connectivity index (χ0n) is 23.1. The number of nitrogens with zero attached hydrogens (tertiary/aromatic N) is 4. The summed E-state index contributed by atoms with van der Waals surface area (Å²) in [4.78, 5) is 38.1. The normalized spacial score (nSPS) is 19.8. The quantitative estimate of drug-likeness (QED) is 0.240. The molecule has 0 aliphatic heterocycles. The molecule has 216 valence electrons. The first-order chi connectivity index (χ1) is 18.5. The van der Waals surface area contributed by atoms with E-state index in [0.29, 0.717) is 17.7 Å². The largest absolute Gasteiger partial charge is 0.461 e. The third-order valence-electron chi connectivity index (χ3n) is 7.06. The summed E-state index contributed by atoms with van der Waals surface area (Å²) < 4.78 is 33.1. The van der Waals surface area contributed by atoms with Crippen LogP contribution >= 0.6 is 7.44 Å². The number of imidazole rings is 1. The molecule has 0 radical (unpaired) electrons. The van der Waals surface area contributed by atoms with Crippen molar-refractivity contribution >= 4 is 36.4 Å². The van der Waals surface area contributed by atoms with Gasteiger partial charge in [0.2, 0.25) is 7.44 Å². The number of hydrogen-bond donors (Lipinski definition) is 3. The molecule has 0 spiro atoms. The van der Waals surface area contributed by atoms with Crippen LogP contribution in [0.4, 0.5) is 5.82 Å². The van der Waals surface area contributed by atoms with Gasteiger partial charge in [-0.15, -0.1) is 0 Å². The van der Waals surface area contributed by atoms with Crippen LogP contribution in [0.1, 0.15) is 72.6 Å². The molecule has 0 amide bonds. The molecule has 0 saturated heterocycles. The first kappa shape index (κ1) is 29.4. The third kappa shape index (κ3) is 7.53. The second kappa shape index (κ2) is 12.3. The fraction of sp³-hybridized carbons (Fsp3) is 0.720. The van der Waals surface area contributed by atoms with Crippen LogP contribution in [-0.4, -0.2) is 67.7 Å². The average Bonchev–Trinajstić information content (AvgIpc) is 3.50. The lowest BCUT2D eigenvalue weighted by Gasteiger charge is -2.35. The lowest BCUT2D eigenvalue weighted by molar-refractivity contribution is -0.159. The van der Waals surface area contributed by atoms with Crippen LogP contribution in [0.25, 0.3) is 11.2 Å². The molecule has 14 heteroatoms. The zero-order valence-corrected chi connectivity index (χ0v) is 24.0. The van der Waals surface area contributed by atoms with Gasteiger partial charge in [0, 0.05) is 0 Å². The molecular weight excluding hydrogens is 525 g/mol. The number of nitrogens with one attached hydrogen (secondary N) is 2. The molecule has 2 heterocycles. The van der Waals surface area contributed by atoms with Crippen LogP contribution in [0.3, 0.4) is 0 Å². The van der Waals surface area contributed by atoms with E-state index in [0.717, 1.165) is 44.9 Å². The number of carbonyl (C=O) groups excluding carboxylic acids is 2. The highest BCUT2D eigenvalue weighted by Crippen LogP contribution is 2.41. The summed E-state index contributed by atoms with van der Waals surface area (Å²) in [6.07, 6.45) is 8.34. The highest BCUT2D eigenvalue weighted by Gasteiger charge is 2.41. The number of hydrogen-bond acceptors (Lipinski definition) is 10. The molecule has 0 unspecified atom stereocenters. The second-order valence-corrected chi connectivity index (χ2v) is 13.3. The van der Waals surface area contributed by atoms with Gasteiger partial charge in [0.1, 0.15) is 42.0 Å². The van der Waals surface area contributed by atoms with Crippen LogP contribution in [0.2, 0.25) is 0 Å². The fourth-order valence-corrected chi connectivity index (χ4v) is 7.01. The van der Waals surface area contributed by atoms with Gasteiger partial charge in [0.15, 0.2) is 11.5 Å². The topological polar surface area (TPSA) is 173 Å². The maximum absolute atomic E-state index is 14.2. The van der Waals surface area contributed by atoms with Crippen molar-refractivity contribution in [2.24, 2.45) is 0 Å². The SMILES string of the molecule is C[C@H](Cn1cnc2c(N)ncnc21)OC[P@](=O)(N[C@H](C)C(=O)OC1CCCC1)NC(C)(C)C(=O)OC1CCC1. The molecule has 2 aromatic rings. The summed E-state index contributed by atoms with van der Waals surface area (Å²) >= 11 is 0. The summed E-state index contributed by atoms with van der Waals surface area (Å²) in [5.74, 6) is -0.723. The summed E-state index contributed by atoms with van der Waals surface area (Å²) in [5, 5.41) is 5.83. The van der Waals surface area contributed by atoms with Gasteiger partial charge in [-0.05, 0) is 72.6 Å². The number of esters is 2.